The first kappa shape index (κ1) is 17.4. The van der Waals surface area contributed by atoms with Crippen LogP contribution in [0, 0.1) is 6.92 Å². The number of benzene rings is 1. The maximum absolute atomic E-state index is 12.3. The number of thiazole rings is 1. The lowest BCUT2D eigenvalue weighted by molar-refractivity contribution is -0.117. The second-order valence-electron chi connectivity index (χ2n) is 5.95. The molecular formula is C18H23N5OS. The van der Waals surface area contributed by atoms with Crippen molar-refractivity contribution in [3.63, 3.8) is 0 Å². The molecule has 132 valence electrons. The Kier molecular flexibility index (Phi) is 5.65. The summed E-state index contributed by atoms with van der Waals surface area (Å²) in [6.07, 6.45) is 2.33. The number of carbonyl (C=O) groups is 1. The maximum Gasteiger partial charge on any atom is 0.229 e. The molecule has 1 amide bonds. The van der Waals surface area contributed by atoms with Crippen molar-refractivity contribution in [2.75, 3.05) is 18.0 Å². The summed E-state index contributed by atoms with van der Waals surface area (Å²) in [5.41, 5.74) is 0.942. The van der Waals surface area contributed by atoms with Gasteiger partial charge in [0.05, 0.1) is 12.6 Å². The molecule has 1 aromatic heterocycles. The van der Waals surface area contributed by atoms with Gasteiger partial charge in [-0.2, -0.15) is 0 Å². The van der Waals surface area contributed by atoms with Crippen LogP contribution in [-0.2, 0) is 11.3 Å². The van der Waals surface area contributed by atoms with E-state index in [2.05, 4.69) is 20.6 Å². The predicted molar refractivity (Wildman–Crippen MR) is 102 cm³/mol. The zero-order chi connectivity index (χ0) is 17.6. The summed E-state index contributed by atoms with van der Waals surface area (Å²) in [6.45, 7) is 6.02. The van der Waals surface area contributed by atoms with Gasteiger partial charge in [0, 0.05) is 36.3 Å². The Labute approximate surface area is 152 Å². The molecule has 0 radical (unpaired) electrons. The average Bonchev–Trinajstić information content (AvgIpc) is 3.19. The van der Waals surface area contributed by atoms with Crippen molar-refractivity contribution >= 4 is 28.9 Å². The number of nitrogens with zero attached hydrogens (tertiary/aromatic N) is 3. The molecule has 6 nitrogen and oxygen atoms in total. The van der Waals surface area contributed by atoms with Crippen LogP contribution in [0.15, 0.2) is 41.5 Å². The molecule has 1 aromatic carbocycles. The van der Waals surface area contributed by atoms with Gasteiger partial charge in [0.25, 0.3) is 0 Å². The van der Waals surface area contributed by atoms with Crippen LogP contribution in [0.1, 0.15) is 23.2 Å². The molecule has 2 aromatic rings. The fraction of sp³-hybridized carbons (Fsp3) is 0.389. The summed E-state index contributed by atoms with van der Waals surface area (Å²) in [6, 6.07) is 9.82. The number of nitrogens with one attached hydrogen (secondary N) is 2. The van der Waals surface area contributed by atoms with E-state index < -0.39 is 0 Å². The Morgan fingerprint density at radius 2 is 2.20 bits per heavy atom. The van der Waals surface area contributed by atoms with Gasteiger partial charge < -0.3 is 15.5 Å². The minimum atomic E-state index is 0.0449. The van der Waals surface area contributed by atoms with Crippen LogP contribution in [-0.4, -0.2) is 36.0 Å². The van der Waals surface area contributed by atoms with Crippen LogP contribution in [0.2, 0.25) is 0 Å². The van der Waals surface area contributed by atoms with E-state index >= 15 is 0 Å². The molecule has 1 saturated heterocycles. The lowest BCUT2D eigenvalue weighted by atomic mass is 10.2. The van der Waals surface area contributed by atoms with E-state index in [1.165, 1.54) is 4.88 Å². The number of aromatic nitrogens is 1. The molecule has 1 aliphatic heterocycles. The van der Waals surface area contributed by atoms with Crippen molar-refractivity contribution in [2.45, 2.75) is 32.9 Å². The number of anilines is 1. The molecule has 25 heavy (non-hydrogen) atoms. The van der Waals surface area contributed by atoms with Gasteiger partial charge in [-0.1, -0.05) is 18.2 Å². The predicted octanol–water partition coefficient (Wildman–Crippen LogP) is 2.31. The summed E-state index contributed by atoms with van der Waals surface area (Å²) < 4.78 is 0. The maximum atomic E-state index is 12.3. The van der Waals surface area contributed by atoms with Gasteiger partial charge in [0.1, 0.15) is 5.01 Å². The van der Waals surface area contributed by atoms with Gasteiger partial charge in [-0.25, -0.2) is 9.98 Å². The van der Waals surface area contributed by atoms with Crippen molar-refractivity contribution < 1.29 is 4.79 Å². The van der Waals surface area contributed by atoms with Crippen LogP contribution in [0.25, 0.3) is 0 Å². The van der Waals surface area contributed by atoms with E-state index in [9.17, 15) is 4.79 Å². The Morgan fingerprint density at radius 1 is 1.40 bits per heavy atom. The molecule has 7 heteroatoms. The number of hydrogen-bond donors (Lipinski definition) is 2. The highest BCUT2D eigenvalue weighted by Crippen LogP contribution is 2.21. The first-order valence-electron chi connectivity index (χ1n) is 8.47. The van der Waals surface area contributed by atoms with Crippen molar-refractivity contribution in [3.8, 4) is 0 Å². The monoisotopic (exact) mass is 357 g/mol. The third kappa shape index (κ3) is 4.57. The molecule has 2 heterocycles. The van der Waals surface area contributed by atoms with Gasteiger partial charge in [0.2, 0.25) is 5.91 Å². The van der Waals surface area contributed by atoms with Gasteiger partial charge in [-0.15, -0.1) is 11.3 Å². The number of amides is 1. The number of rotatable bonds is 5. The smallest absolute Gasteiger partial charge is 0.229 e. The topological polar surface area (TPSA) is 69.6 Å². The van der Waals surface area contributed by atoms with Crippen LogP contribution < -0.4 is 15.5 Å². The second-order valence-corrected chi connectivity index (χ2v) is 7.26. The molecule has 1 aliphatic rings. The lowest BCUT2D eigenvalue weighted by Gasteiger charge is -2.18. The summed E-state index contributed by atoms with van der Waals surface area (Å²) in [4.78, 5) is 24.3. The lowest BCUT2D eigenvalue weighted by Crippen LogP contribution is -2.44. The van der Waals surface area contributed by atoms with Gasteiger partial charge in [-0.3, -0.25) is 4.79 Å². The quantitative estimate of drug-likeness (QED) is 0.636. The van der Waals surface area contributed by atoms with Crippen molar-refractivity contribution in [2.24, 2.45) is 4.99 Å². The highest BCUT2D eigenvalue weighted by Gasteiger charge is 2.31. The van der Waals surface area contributed by atoms with Crippen LogP contribution in [0.3, 0.4) is 0 Å². The molecule has 0 spiro atoms. The summed E-state index contributed by atoms with van der Waals surface area (Å²) >= 11 is 1.65. The Balaban J connectivity index is 1.63. The van der Waals surface area contributed by atoms with E-state index in [-0.39, 0.29) is 11.9 Å². The number of carbonyl (C=O) groups excluding carboxylic acids is 1. The zero-order valence-electron chi connectivity index (χ0n) is 14.5. The van der Waals surface area contributed by atoms with E-state index in [0.29, 0.717) is 19.5 Å². The fourth-order valence-corrected chi connectivity index (χ4v) is 3.51. The van der Waals surface area contributed by atoms with Gasteiger partial charge in [0.15, 0.2) is 5.96 Å². The van der Waals surface area contributed by atoms with E-state index in [1.54, 1.807) is 11.3 Å². The summed E-state index contributed by atoms with van der Waals surface area (Å²) in [5.74, 6) is 0.859. The first-order chi connectivity index (χ1) is 12.2. The second kappa shape index (κ2) is 8.11. The Hall–Kier alpha value is -2.41. The Bertz CT molecular complexity index is 743. The number of guanidine groups is 1. The van der Waals surface area contributed by atoms with E-state index in [4.69, 9.17) is 0 Å². The van der Waals surface area contributed by atoms with Crippen LogP contribution in [0.4, 0.5) is 5.69 Å². The number of aliphatic imine (C=N–C) groups is 1. The molecule has 1 atom stereocenters. The summed E-state index contributed by atoms with van der Waals surface area (Å²) in [5, 5.41) is 7.61. The standard InChI is InChI=1S/C18H23N5OS/c1-3-19-18(21-11-16-20-10-13(2)25-16)22-14-9-17(24)23(12-14)15-7-5-4-6-8-15/h4-8,10,14H,3,9,11-12H2,1-2H3,(H2,19,21,22). The number of hydrogen-bond acceptors (Lipinski definition) is 4. The normalized spacial score (nSPS) is 17.8. The molecule has 0 aliphatic carbocycles. The number of aryl methyl sites for hydroxylation is 1. The third-order valence-corrected chi connectivity index (χ3v) is 4.82. The molecule has 2 N–H and O–H groups in total. The molecule has 0 bridgehead atoms. The van der Waals surface area contributed by atoms with Crippen molar-refractivity contribution in [1.29, 1.82) is 0 Å². The Morgan fingerprint density at radius 3 is 2.88 bits per heavy atom. The van der Waals surface area contributed by atoms with Gasteiger partial charge in [-0.05, 0) is 26.0 Å². The molecule has 3 rings (SSSR count). The van der Waals surface area contributed by atoms with Gasteiger partial charge >= 0.3 is 0 Å². The fourth-order valence-electron chi connectivity index (χ4n) is 2.80. The van der Waals surface area contributed by atoms with Crippen molar-refractivity contribution in [1.82, 2.24) is 15.6 Å². The third-order valence-electron chi connectivity index (χ3n) is 3.92. The molecule has 1 fully saturated rings. The largest absolute Gasteiger partial charge is 0.357 e. The van der Waals surface area contributed by atoms with Crippen LogP contribution >= 0.6 is 11.3 Å². The highest BCUT2D eigenvalue weighted by atomic mass is 32.1. The number of para-hydroxylation sites is 1. The van der Waals surface area contributed by atoms with Crippen LogP contribution in [0.5, 0.6) is 0 Å². The minimum Gasteiger partial charge on any atom is -0.357 e. The van der Waals surface area contributed by atoms with E-state index in [1.807, 2.05) is 55.3 Å². The molecular weight excluding hydrogens is 334 g/mol. The first-order valence-corrected chi connectivity index (χ1v) is 9.29. The average molecular weight is 357 g/mol. The summed E-state index contributed by atoms with van der Waals surface area (Å²) in [7, 11) is 0. The molecule has 1 unspecified atom stereocenters. The van der Waals surface area contributed by atoms with E-state index in [0.717, 1.165) is 23.2 Å². The van der Waals surface area contributed by atoms with Crippen molar-refractivity contribution in [3.05, 3.63) is 46.4 Å². The SMILES string of the molecule is CCNC(=NCc1ncc(C)s1)NC1CC(=O)N(c2ccccc2)C1. The minimum absolute atomic E-state index is 0.0449. The molecule has 0 saturated carbocycles. The highest BCUT2D eigenvalue weighted by molar-refractivity contribution is 7.11. The zero-order valence-corrected chi connectivity index (χ0v) is 15.3.